The zero-order valence-electron chi connectivity index (χ0n) is 38.3. The first-order valence-electron chi connectivity index (χ1n) is 23.0. The Hall–Kier alpha value is -4.77. The minimum atomic E-state index is -0.268. The van der Waals surface area contributed by atoms with Crippen molar-refractivity contribution in [2.75, 3.05) is 87.0 Å². The molecule has 2 saturated carbocycles. The second kappa shape index (κ2) is 22.7. The standard InChI is InChI=1S/C29H39N7O2S.C10H12N4O.C6H12O.C2H6/c1-30-28(38)11-14-35(22-37)29-26-10-9-24(20-27(26)32(2)31-29)34-17-15-33(16-18-34)21-23-7-6-8-25(19-23)39-36-12-4-3-5-13-36;1-11-9-12-5-6-7(13-9)14(2)8(15)10(6)3-4-10;7-6-4-2-1-3-5-6;1-2/h6-10,19-20,22H,3-5,11-18,21H2,1-2H3,(H,30,38);5H,3-4H2,1-2H3,(H,11,12,13);6-7H,1-5H2;1-2H3. The lowest BCUT2D eigenvalue weighted by Crippen LogP contribution is -2.45. The molecule has 63 heavy (non-hydrogen) atoms. The molecule has 5 heterocycles. The molecule has 0 atom stereocenters. The number of hydrogen-bond acceptors (Lipinski definition) is 12. The Morgan fingerprint density at radius 1 is 0.952 bits per heavy atom. The molecular formula is C47H69N11O4S. The van der Waals surface area contributed by atoms with Crippen molar-refractivity contribution in [1.29, 1.82) is 0 Å². The molecule has 16 heteroatoms. The van der Waals surface area contributed by atoms with E-state index in [1.807, 2.05) is 43.6 Å². The van der Waals surface area contributed by atoms with Crippen molar-refractivity contribution in [1.82, 2.24) is 34.3 Å². The molecule has 2 aromatic heterocycles. The molecule has 9 rings (SSSR count). The topological polar surface area (TPSA) is 155 Å². The van der Waals surface area contributed by atoms with Crippen molar-refractivity contribution in [3.8, 4) is 0 Å². The van der Waals surface area contributed by atoms with E-state index in [0.29, 0.717) is 18.3 Å². The van der Waals surface area contributed by atoms with Crippen LogP contribution in [0.25, 0.3) is 10.9 Å². The van der Waals surface area contributed by atoms with Crippen LogP contribution in [0, 0.1) is 0 Å². The second-order valence-corrected chi connectivity index (χ2v) is 18.0. The third-order valence-corrected chi connectivity index (χ3v) is 13.6. The number of aliphatic hydroxyl groups is 1. The van der Waals surface area contributed by atoms with Crippen LogP contribution in [-0.2, 0) is 33.4 Å². The number of likely N-dealkylation sites (N-methyl/N-ethyl adjacent to an activating group) is 1. The van der Waals surface area contributed by atoms with Crippen LogP contribution in [0.2, 0.25) is 0 Å². The number of fused-ring (bicyclic) bond motifs is 3. The van der Waals surface area contributed by atoms with Crippen LogP contribution in [0.4, 0.5) is 23.3 Å². The molecule has 5 aliphatic rings. The lowest BCUT2D eigenvalue weighted by atomic mass is 9.98. The van der Waals surface area contributed by atoms with Gasteiger partial charge in [0.05, 0.1) is 17.0 Å². The number of benzene rings is 2. The Balaban J connectivity index is 0.000000222. The van der Waals surface area contributed by atoms with Crippen LogP contribution in [-0.4, -0.2) is 125 Å². The molecule has 0 unspecified atom stereocenters. The van der Waals surface area contributed by atoms with E-state index in [1.54, 1.807) is 32.2 Å². The first-order valence-corrected chi connectivity index (χ1v) is 23.8. The number of hydrogen-bond donors (Lipinski definition) is 3. The van der Waals surface area contributed by atoms with Crippen LogP contribution < -0.4 is 25.3 Å². The molecular weight excluding hydrogens is 815 g/mol. The Labute approximate surface area is 378 Å². The van der Waals surface area contributed by atoms with Gasteiger partial charge < -0.3 is 20.6 Å². The number of piperidine rings is 1. The maximum absolute atomic E-state index is 12.0. The lowest BCUT2D eigenvalue weighted by molar-refractivity contribution is -0.121. The van der Waals surface area contributed by atoms with Crippen LogP contribution in [0.3, 0.4) is 0 Å². The van der Waals surface area contributed by atoms with E-state index >= 15 is 0 Å². The van der Waals surface area contributed by atoms with E-state index in [2.05, 4.69) is 76.2 Å². The normalized spacial score (nSPS) is 18.3. The molecule has 0 radical (unpaired) electrons. The fourth-order valence-corrected chi connectivity index (χ4v) is 9.81. The molecule has 1 spiro atoms. The molecule has 2 aromatic carbocycles. The summed E-state index contributed by atoms with van der Waals surface area (Å²) in [6, 6.07) is 15.4. The van der Waals surface area contributed by atoms with Gasteiger partial charge in [0.2, 0.25) is 24.2 Å². The van der Waals surface area contributed by atoms with Gasteiger partial charge >= 0.3 is 0 Å². The summed E-state index contributed by atoms with van der Waals surface area (Å²) in [5, 5.41) is 19.9. The van der Waals surface area contributed by atoms with Crippen molar-refractivity contribution < 1.29 is 19.5 Å². The first kappa shape index (κ1) is 47.7. The summed E-state index contributed by atoms with van der Waals surface area (Å²) in [6.45, 7) is 11.6. The number of carbonyl (C=O) groups excluding carboxylic acids is 3. The first-order chi connectivity index (χ1) is 30.6. The van der Waals surface area contributed by atoms with Gasteiger partial charge in [0, 0.05) is 115 Å². The SMILES string of the molecule is CC.CNC(=O)CCN(C=O)c1nn(C)c2cc(N3CCN(Cc4cccc(SN5CCCCC5)c4)CC3)ccc12.CNc1ncc2c(n1)N(C)C(=O)C21CC1.OC1CCCCC1. The largest absolute Gasteiger partial charge is 0.393 e. The highest BCUT2D eigenvalue weighted by Gasteiger charge is 2.59. The zero-order chi connectivity index (χ0) is 44.9. The fraction of sp³-hybridized carbons (Fsp3) is 0.574. The number of carbonyl (C=O) groups is 3. The highest BCUT2D eigenvalue weighted by atomic mass is 32.2. The van der Waals surface area contributed by atoms with Crippen LogP contribution in [0.15, 0.2) is 53.6 Å². The third kappa shape index (κ3) is 11.9. The van der Waals surface area contributed by atoms with Crippen molar-refractivity contribution in [2.45, 2.75) is 107 Å². The molecule has 15 nitrogen and oxygen atoms in total. The smallest absolute Gasteiger partial charge is 0.238 e. The maximum atomic E-state index is 12.0. The Morgan fingerprint density at radius 2 is 1.67 bits per heavy atom. The molecule has 0 bridgehead atoms. The van der Waals surface area contributed by atoms with Crippen LogP contribution >= 0.6 is 11.9 Å². The predicted octanol–water partition coefficient (Wildman–Crippen LogP) is 6.35. The second-order valence-electron chi connectivity index (χ2n) is 16.8. The van der Waals surface area contributed by atoms with E-state index in [9.17, 15) is 14.4 Å². The summed E-state index contributed by atoms with van der Waals surface area (Å²) >= 11 is 1.91. The summed E-state index contributed by atoms with van der Waals surface area (Å²) in [5.74, 6) is 1.97. The Morgan fingerprint density at radius 3 is 2.30 bits per heavy atom. The van der Waals surface area contributed by atoms with Gasteiger partial charge in [-0.2, -0.15) is 10.1 Å². The number of piperazine rings is 1. The van der Waals surface area contributed by atoms with E-state index < -0.39 is 0 Å². The highest BCUT2D eigenvalue weighted by Crippen LogP contribution is 2.56. The van der Waals surface area contributed by atoms with Crippen LogP contribution in [0.1, 0.15) is 95.6 Å². The molecule has 2 saturated heterocycles. The number of aryl methyl sites for hydroxylation is 1. The average molecular weight is 884 g/mol. The Kier molecular flexibility index (Phi) is 17.2. The molecule has 4 aromatic rings. The monoisotopic (exact) mass is 884 g/mol. The van der Waals surface area contributed by atoms with Gasteiger partial charge in [0.1, 0.15) is 5.82 Å². The number of aliphatic hydroxyl groups excluding tert-OH is 1. The van der Waals surface area contributed by atoms with Crippen molar-refractivity contribution in [2.24, 2.45) is 7.05 Å². The number of nitrogens with zero attached hydrogens (tertiary/aromatic N) is 9. The predicted molar refractivity (Wildman–Crippen MR) is 254 cm³/mol. The number of nitrogens with one attached hydrogen (secondary N) is 2. The summed E-state index contributed by atoms with van der Waals surface area (Å²) < 4.78 is 4.32. The molecule has 4 fully saturated rings. The molecule has 3 amide bonds. The number of amides is 3. The molecule has 2 aliphatic carbocycles. The average Bonchev–Trinajstić information content (AvgIpc) is 4.03. The highest BCUT2D eigenvalue weighted by molar-refractivity contribution is 7.97. The molecule has 342 valence electrons. The Bertz CT molecular complexity index is 2130. The summed E-state index contributed by atoms with van der Waals surface area (Å²) in [5.41, 5.74) is 4.25. The number of rotatable bonds is 11. The molecule has 3 N–H and O–H groups in total. The van der Waals surface area contributed by atoms with E-state index in [1.165, 1.54) is 72.7 Å². The minimum Gasteiger partial charge on any atom is -0.393 e. The van der Waals surface area contributed by atoms with Crippen molar-refractivity contribution in [3.63, 3.8) is 0 Å². The molecule has 3 aliphatic heterocycles. The van der Waals surface area contributed by atoms with E-state index in [0.717, 1.165) is 87.1 Å². The summed E-state index contributed by atoms with van der Waals surface area (Å²) in [6.07, 6.45) is 14.5. The van der Waals surface area contributed by atoms with E-state index in [-0.39, 0.29) is 29.8 Å². The van der Waals surface area contributed by atoms with Crippen molar-refractivity contribution >= 4 is 64.3 Å². The van der Waals surface area contributed by atoms with Gasteiger partial charge in [-0.05, 0) is 86.4 Å². The maximum Gasteiger partial charge on any atom is 0.238 e. The summed E-state index contributed by atoms with van der Waals surface area (Å²) in [7, 11) is 7.04. The van der Waals surface area contributed by atoms with Gasteiger partial charge in [-0.1, -0.05) is 51.7 Å². The number of anilines is 4. The van der Waals surface area contributed by atoms with Gasteiger partial charge in [-0.3, -0.25) is 33.8 Å². The van der Waals surface area contributed by atoms with Gasteiger partial charge in [0.15, 0.2) is 5.82 Å². The van der Waals surface area contributed by atoms with Crippen LogP contribution in [0.5, 0.6) is 0 Å². The lowest BCUT2D eigenvalue weighted by Gasteiger charge is -2.36. The minimum absolute atomic E-state index is 0.0359. The summed E-state index contributed by atoms with van der Waals surface area (Å²) in [4.78, 5) is 53.4. The number of aromatic nitrogens is 4. The van der Waals surface area contributed by atoms with E-state index in [4.69, 9.17) is 5.11 Å². The zero-order valence-corrected chi connectivity index (χ0v) is 39.1. The fourth-order valence-electron chi connectivity index (χ4n) is 8.73. The van der Waals surface area contributed by atoms with Crippen molar-refractivity contribution in [3.05, 3.63) is 59.8 Å². The van der Waals surface area contributed by atoms with Gasteiger partial charge in [0.25, 0.3) is 0 Å². The third-order valence-electron chi connectivity index (χ3n) is 12.5. The van der Waals surface area contributed by atoms with Gasteiger partial charge in [-0.25, -0.2) is 9.29 Å². The van der Waals surface area contributed by atoms with Gasteiger partial charge in [-0.15, -0.1) is 0 Å². The quantitative estimate of drug-likeness (QED) is 0.114.